The van der Waals surface area contributed by atoms with Crippen molar-refractivity contribution in [1.82, 2.24) is 9.97 Å². The van der Waals surface area contributed by atoms with Crippen LogP contribution in [0.5, 0.6) is 0 Å². The van der Waals surface area contributed by atoms with Gasteiger partial charge in [0.15, 0.2) is 0 Å². The summed E-state index contributed by atoms with van der Waals surface area (Å²) in [5.41, 5.74) is 1.07. The first-order chi connectivity index (χ1) is 17.5. The number of carbonyl (C=O) groups excluding carboxylic acids is 1. The van der Waals surface area contributed by atoms with Crippen LogP contribution >= 0.6 is 0 Å². The van der Waals surface area contributed by atoms with E-state index in [0.29, 0.717) is 18.8 Å². The van der Waals surface area contributed by atoms with E-state index in [1.54, 1.807) is 25.5 Å². The van der Waals surface area contributed by atoms with Gasteiger partial charge < -0.3 is 20.3 Å². The second kappa shape index (κ2) is 11.0. The zero-order chi connectivity index (χ0) is 25.7. The van der Waals surface area contributed by atoms with Gasteiger partial charge in [-0.05, 0) is 50.6 Å². The average Bonchev–Trinajstić information content (AvgIpc) is 2.91. The summed E-state index contributed by atoms with van der Waals surface area (Å²) in [5.74, 6) is 0.240. The van der Waals surface area contributed by atoms with Gasteiger partial charge in [-0.2, -0.15) is 0 Å². The summed E-state index contributed by atoms with van der Waals surface area (Å²) in [4.78, 5) is 47.6. The fourth-order valence-corrected chi connectivity index (χ4v) is 4.18. The smallest absolute Gasteiger partial charge is 0.328 e. The van der Waals surface area contributed by atoms with Crippen LogP contribution in [0.15, 0.2) is 64.6 Å². The van der Waals surface area contributed by atoms with E-state index < -0.39 is 22.9 Å². The number of nitrogens with one attached hydrogen (secondary N) is 2. The van der Waals surface area contributed by atoms with Gasteiger partial charge in [-0.25, -0.2) is 9.78 Å². The predicted molar refractivity (Wildman–Crippen MR) is 142 cm³/mol. The number of pyridine rings is 2. The molecule has 0 saturated carbocycles. The summed E-state index contributed by atoms with van der Waals surface area (Å²) in [6.45, 7) is 6.92. The average molecular weight is 488 g/mol. The molecule has 0 amide bonds. The van der Waals surface area contributed by atoms with Crippen LogP contribution in [-0.4, -0.2) is 41.7 Å². The van der Waals surface area contributed by atoms with E-state index in [4.69, 9.17) is 4.74 Å². The molecule has 2 heterocycles. The van der Waals surface area contributed by atoms with Crippen LogP contribution in [0.1, 0.15) is 26.3 Å². The van der Waals surface area contributed by atoms with Crippen molar-refractivity contribution in [2.75, 3.05) is 35.2 Å². The number of ether oxygens (including phenoxy) is 1. The minimum atomic E-state index is -0.811. The number of aromatic nitrogens is 2. The maximum Gasteiger partial charge on any atom is 0.328 e. The van der Waals surface area contributed by atoms with E-state index in [2.05, 4.69) is 20.6 Å². The molecular formula is C27H29N5O4. The van der Waals surface area contributed by atoms with Gasteiger partial charge in [0.25, 0.3) is 10.9 Å². The Bertz CT molecular complexity index is 1420. The zero-order valence-corrected chi connectivity index (χ0v) is 20.6. The number of carbonyl (C=O) groups is 1. The molecule has 9 nitrogen and oxygen atoms in total. The van der Waals surface area contributed by atoms with Crippen molar-refractivity contribution in [1.29, 1.82) is 0 Å². The number of rotatable bonds is 11. The topological polar surface area (TPSA) is 114 Å². The molecule has 0 radical (unpaired) electrons. The lowest BCUT2D eigenvalue weighted by Crippen LogP contribution is -2.46. The van der Waals surface area contributed by atoms with Crippen molar-refractivity contribution in [2.45, 2.75) is 33.2 Å². The molecule has 0 saturated heterocycles. The summed E-state index contributed by atoms with van der Waals surface area (Å²) in [6.07, 6.45) is 5.52. The third-order valence-corrected chi connectivity index (χ3v) is 6.08. The lowest BCUT2D eigenvalue weighted by molar-refractivity contribution is -0.144. The lowest BCUT2D eigenvalue weighted by atomic mass is 10.0. The van der Waals surface area contributed by atoms with Gasteiger partial charge in [-0.3, -0.25) is 14.6 Å². The van der Waals surface area contributed by atoms with E-state index in [1.165, 1.54) is 0 Å². The maximum atomic E-state index is 12.7. The van der Waals surface area contributed by atoms with Crippen LogP contribution in [0.2, 0.25) is 0 Å². The summed E-state index contributed by atoms with van der Waals surface area (Å²) in [6, 6.07) is 10.6. The number of fused-ring (bicyclic) bond motifs is 1. The van der Waals surface area contributed by atoms with Crippen LogP contribution in [0, 0.1) is 0 Å². The SMILES string of the molecule is CCOC(=O)[C@H](Cc1ccc(Nc2nccc3cnccc23)cc1)Nc1c(N(CC)CC)c(=O)c1=O. The van der Waals surface area contributed by atoms with Crippen molar-refractivity contribution < 1.29 is 9.53 Å². The van der Waals surface area contributed by atoms with Crippen molar-refractivity contribution >= 4 is 39.6 Å². The van der Waals surface area contributed by atoms with Crippen LogP contribution in [0.25, 0.3) is 10.8 Å². The highest BCUT2D eigenvalue weighted by atomic mass is 16.5. The molecule has 1 atom stereocenters. The van der Waals surface area contributed by atoms with E-state index >= 15 is 0 Å². The first-order valence-corrected chi connectivity index (χ1v) is 12.0. The second-order valence-electron chi connectivity index (χ2n) is 8.29. The molecule has 4 rings (SSSR count). The number of anilines is 4. The number of esters is 1. The Hall–Kier alpha value is -4.27. The lowest BCUT2D eigenvalue weighted by Gasteiger charge is -2.27. The molecular weight excluding hydrogens is 458 g/mol. The molecule has 0 unspecified atom stereocenters. The number of nitrogens with zero attached hydrogens (tertiary/aromatic N) is 3. The number of hydrogen-bond acceptors (Lipinski definition) is 9. The Labute approximate surface area is 208 Å². The van der Waals surface area contributed by atoms with E-state index in [0.717, 1.165) is 27.8 Å². The standard InChI is InChI=1S/C27H29N5O4/c1-4-32(5-2)23-22(24(33)25(23)34)31-21(27(35)36-6-3)15-17-7-9-19(10-8-17)30-26-20-12-13-28-16-18(20)11-14-29-26/h7-14,16,21,31H,4-6,15H2,1-3H3,(H,29,30)/t21-/m0/s1. The van der Waals surface area contributed by atoms with Crippen molar-refractivity contribution in [3.8, 4) is 0 Å². The third kappa shape index (κ3) is 5.05. The highest BCUT2D eigenvalue weighted by molar-refractivity contribution is 5.92. The largest absolute Gasteiger partial charge is 0.464 e. The molecule has 4 aromatic rings. The first kappa shape index (κ1) is 24.8. The number of hydrogen-bond donors (Lipinski definition) is 2. The molecule has 36 heavy (non-hydrogen) atoms. The third-order valence-electron chi connectivity index (χ3n) is 6.08. The molecule has 0 spiro atoms. The first-order valence-electron chi connectivity index (χ1n) is 12.0. The van der Waals surface area contributed by atoms with Crippen LogP contribution in [0.3, 0.4) is 0 Å². The summed E-state index contributed by atoms with van der Waals surface area (Å²) in [7, 11) is 0. The van der Waals surface area contributed by atoms with Gasteiger partial charge in [-0.1, -0.05) is 12.1 Å². The molecule has 2 N–H and O–H groups in total. The van der Waals surface area contributed by atoms with Gasteiger partial charge >= 0.3 is 5.97 Å². The molecule has 0 bridgehead atoms. The van der Waals surface area contributed by atoms with Gasteiger partial charge in [0, 0.05) is 54.6 Å². The molecule has 9 heteroatoms. The Balaban J connectivity index is 1.53. The maximum absolute atomic E-state index is 12.7. The monoisotopic (exact) mass is 487 g/mol. The molecule has 2 aromatic heterocycles. The Kier molecular flexibility index (Phi) is 7.58. The normalized spacial score (nSPS) is 11.9. The van der Waals surface area contributed by atoms with Gasteiger partial charge in [0.2, 0.25) is 0 Å². The fraction of sp³-hybridized carbons (Fsp3) is 0.296. The predicted octanol–water partition coefficient (Wildman–Crippen LogP) is 3.40. The molecule has 0 aliphatic rings. The minimum absolute atomic E-state index is 0.177. The summed E-state index contributed by atoms with van der Waals surface area (Å²) < 4.78 is 5.24. The van der Waals surface area contributed by atoms with Crippen molar-refractivity contribution in [2.24, 2.45) is 0 Å². The van der Waals surface area contributed by atoms with Gasteiger partial charge in [0.05, 0.1) is 6.61 Å². The number of benzene rings is 1. The van der Waals surface area contributed by atoms with Crippen LogP contribution in [-0.2, 0) is 16.0 Å². The van der Waals surface area contributed by atoms with Gasteiger partial charge in [0.1, 0.15) is 23.2 Å². The minimum Gasteiger partial charge on any atom is -0.464 e. The molecule has 186 valence electrons. The van der Waals surface area contributed by atoms with Gasteiger partial charge in [-0.15, -0.1) is 0 Å². The Morgan fingerprint density at radius 1 is 1.00 bits per heavy atom. The van der Waals surface area contributed by atoms with Crippen LogP contribution < -0.4 is 26.4 Å². The molecule has 0 aliphatic heterocycles. The fourth-order valence-electron chi connectivity index (χ4n) is 4.18. The summed E-state index contributed by atoms with van der Waals surface area (Å²) >= 11 is 0. The van der Waals surface area contributed by atoms with Crippen LogP contribution in [0.4, 0.5) is 22.9 Å². The van der Waals surface area contributed by atoms with E-state index in [9.17, 15) is 14.4 Å². The van der Waals surface area contributed by atoms with E-state index in [-0.39, 0.29) is 18.7 Å². The zero-order valence-electron chi connectivity index (χ0n) is 20.6. The molecule has 0 aliphatic carbocycles. The van der Waals surface area contributed by atoms with E-state index in [1.807, 2.05) is 55.1 Å². The van der Waals surface area contributed by atoms with Crippen molar-refractivity contribution in [3.05, 3.63) is 81.0 Å². The Morgan fingerprint density at radius 3 is 2.44 bits per heavy atom. The Morgan fingerprint density at radius 2 is 1.75 bits per heavy atom. The quantitative estimate of drug-likeness (QED) is 0.243. The van der Waals surface area contributed by atoms with Crippen molar-refractivity contribution in [3.63, 3.8) is 0 Å². The summed E-state index contributed by atoms with van der Waals surface area (Å²) in [5, 5.41) is 8.27. The highest BCUT2D eigenvalue weighted by Crippen LogP contribution is 2.25. The molecule has 0 fully saturated rings. The molecule has 2 aromatic carbocycles. The second-order valence-corrected chi connectivity index (χ2v) is 8.29. The highest BCUT2D eigenvalue weighted by Gasteiger charge is 2.29.